The fourth-order valence-corrected chi connectivity index (χ4v) is 4.16. The second-order valence-corrected chi connectivity index (χ2v) is 7.42. The number of amides is 1. The van der Waals surface area contributed by atoms with E-state index in [4.69, 9.17) is 9.47 Å². The Labute approximate surface area is 166 Å². The SMILES string of the molecule is O=C(CN1CCCC1c1ccc2c(c1)OCCO2)Nc1ccc2[nH]c(=O)[nH]c2c1. The molecule has 2 aliphatic rings. The van der Waals surface area contributed by atoms with Gasteiger partial charge < -0.3 is 24.8 Å². The highest BCUT2D eigenvalue weighted by molar-refractivity contribution is 5.94. The molecule has 1 saturated heterocycles. The van der Waals surface area contributed by atoms with Crippen LogP contribution < -0.4 is 20.5 Å². The molecule has 8 heteroatoms. The van der Waals surface area contributed by atoms with Crippen LogP contribution in [0.3, 0.4) is 0 Å². The minimum atomic E-state index is -0.261. The smallest absolute Gasteiger partial charge is 0.323 e. The lowest BCUT2D eigenvalue weighted by Crippen LogP contribution is -2.33. The van der Waals surface area contributed by atoms with E-state index in [1.165, 1.54) is 0 Å². The zero-order valence-electron chi connectivity index (χ0n) is 15.9. The summed E-state index contributed by atoms with van der Waals surface area (Å²) in [6.45, 7) is 2.31. The van der Waals surface area contributed by atoms with Crippen molar-refractivity contribution < 1.29 is 14.3 Å². The van der Waals surface area contributed by atoms with Crippen LogP contribution in [0.4, 0.5) is 5.69 Å². The van der Waals surface area contributed by atoms with E-state index >= 15 is 0 Å². The molecule has 8 nitrogen and oxygen atoms in total. The van der Waals surface area contributed by atoms with Crippen molar-refractivity contribution in [2.75, 3.05) is 31.6 Å². The maximum Gasteiger partial charge on any atom is 0.323 e. The van der Waals surface area contributed by atoms with Crippen LogP contribution in [-0.4, -0.2) is 47.1 Å². The zero-order chi connectivity index (χ0) is 19.8. The number of H-pyrrole nitrogens is 2. The molecule has 3 N–H and O–H groups in total. The number of aromatic nitrogens is 2. The van der Waals surface area contributed by atoms with E-state index in [-0.39, 0.29) is 17.6 Å². The van der Waals surface area contributed by atoms with E-state index in [9.17, 15) is 9.59 Å². The summed E-state index contributed by atoms with van der Waals surface area (Å²) in [5, 5.41) is 2.93. The van der Waals surface area contributed by atoms with Crippen LogP contribution in [0.1, 0.15) is 24.4 Å². The number of nitrogens with one attached hydrogen (secondary N) is 3. The first kappa shape index (κ1) is 17.8. The number of hydrogen-bond acceptors (Lipinski definition) is 5. The van der Waals surface area contributed by atoms with Crippen LogP contribution >= 0.6 is 0 Å². The van der Waals surface area contributed by atoms with Gasteiger partial charge in [0.05, 0.1) is 17.6 Å². The van der Waals surface area contributed by atoms with Crippen molar-refractivity contribution in [1.82, 2.24) is 14.9 Å². The maximum atomic E-state index is 12.6. The van der Waals surface area contributed by atoms with Gasteiger partial charge in [0.1, 0.15) is 13.2 Å². The number of imidazole rings is 1. The molecule has 3 heterocycles. The van der Waals surface area contributed by atoms with Crippen molar-refractivity contribution in [2.24, 2.45) is 0 Å². The number of likely N-dealkylation sites (tertiary alicyclic amines) is 1. The van der Waals surface area contributed by atoms with Gasteiger partial charge >= 0.3 is 5.69 Å². The summed E-state index contributed by atoms with van der Waals surface area (Å²) in [4.78, 5) is 31.6. The van der Waals surface area contributed by atoms with Crippen LogP contribution in [0.2, 0.25) is 0 Å². The number of anilines is 1. The molecule has 3 aromatic rings. The third-order valence-electron chi connectivity index (χ3n) is 5.46. The summed E-state index contributed by atoms with van der Waals surface area (Å²) < 4.78 is 11.3. The summed E-state index contributed by atoms with van der Waals surface area (Å²) in [5.41, 5.74) is 2.93. The number of aromatic amines is 2. The van der Waals surface area contributed by atoms with E-state index in [2.05, 4.69) is 26.3 Å². The molecule has 29 heavy (non-hydrogen) atoms. The van der Waals surface area contributed by atoms with Crippen molar-refractivity contribution in [1.29, 1.82) is 0 Å². The van der Waals surface area contributed by atoms with E-state index in [1.807, 2.05) is 12.1 Å². The fraction of sp³-hybridized carbons (Fsp3) is 0.333. The van der Waals surface area contributed by atoms with Gasteiger partial charge in [-0.05, 0) is 55.3 Å². The van der Waals surface area contributed by atoms with E-state index < -0.39 is 0 Å². The molecule has 1 aromatic heterocycles. The van der Waals surface area contributed by atoms with Gasteiger partial charge in [-0.1, -0.05) is 6.07 Å². The number of carbonyl (C=O) groups is 1. The number of benzene rings is 2. The molecule has 150 valence electrons. The Morgan fingerprint density at radius 2 is 1.90 bits per heavy atom. The Kier molecular flexibility index (Phi) is 4.48. The first-order chi connectivity index (χ1) is 14.2. The first-order valence-corrected chi connectivity index (χ1v) is 9.81. The standard InChI is InChI=1S/C21H22N4O4/c26-20(22-14-4-5-15-16(11-14)24-21(27)23-15)12-25-7-1-2-17(25)13-3-6-18-19(10-13)29-9-8-28-18/h3-6,10-11,17H,1-2,7-9,12H2,(H,22,26)(H2,23,24,27). The molecular formula is C21H22N4O4. The number of nitrogens with zero attached hydrogens (tertiary/aromatic N) is 1. The molecule has 2 aromatic carbocycles. The second kappa shape index (κ2) is 7.29. The summed E-state index contributed by atoms with van der Waals surface area (Å²) in [7, 11) is 0. The molecule has 1 unspecified atom stereocenters. The third kappa shape index (κ3) is 3.58. The normalized spacial score (nSPS) is 18.8. The monoisotopic (exact) mass is 394 g/mol. The van der Waals surface area contributed by atoms with E-state index in [1.54, 1.807) is 18.2 Å². The van der Waals surface area contributed by atoms with E-state index in [0.717, 1.165) is 36.4 Å². The highest BCUT2D eigenvalue weighted by atomic mass is 16.6. The van der Waals surface area contributed by atoms with Crippen LogP contribution in [0.25, 0.3) is 11.0 Å². The average molecular weight is 394 g/mol. The summed E-state index contributed by atoms with van der Waals surface area (Å²) in [5.74, 6) is 1.48. The van der Waals surface area contributed by atoms with Crippen molar-refractivity contribution in [3.63, 3.8) is 0 Å². The summed E-state index contributed by atoms with van der Waals surface area (Å²) in [6, 6.07) is 11.5. The lowest BCUT2D eigenvalue weighted by atomic mass is 10.0. The minimum absolute atomic E-state index is 0.0772. The Bertz CT molecular complexity index is 1120. The highest BCUT2D eigenvalue weighted by Crippen LogP contribution is 2.37. The molecule has 1 amide bonds. The Balaban J connectivity index is 1.28. The molecule has 0 spiro atoms. The average Bonchev–Trinajstić information content (AvgIpc) is 3.32. The van der Waals surface area contributed by atoms with Crippen LogP contribution in [-0.2, 0) is 4.79 Å². The highest BCUT2D eigenvalue weighted by Gasteiger charge is 2.28. The van der Waals surface area contributed by atoms with Gasteiger partial charge in [0, 0.05) is 11.7 Å². The van der Waals surface area contributed by atoms with Gasteiger partial charge in [0.15, 0.2) is 11.5 Å². The molecule has 1 atom stereocenters. The molecule has 5 rings (SSSR count). The molecule has 0 radical (unpaired) electrons. The van der Waals surface area contributed by atoms with Gasteiger partial charge in [0.2, 0.25) is 5.91 Å². The second-order valence-electron chi connectivity index (χ2n) is 7.42. The van der Waals surface area contributed by atoms with Crippen molar-refractivity contribution >= 4 is 22.6 Å². The van der Waals surface area contributed by atoms with Crippen LogP contribution in [0.15, 0.2) is 41.2 Å². The van der Waals surface area contributed by atoms with Gasteiger partial charge in [0.25, 0.3) is 0 Å². The number of rotatable bonds is 4. The minimum Gasteiger partial charge on any atom is -0.486 e. The van der Waals surface area contributed by atoms with Crippen molar-refractivity contribution in [3.05, 3.63) is 52.4 Å². The van der Waals surface area contributed by atoms with Gasteiger partial charge in [-0.15, -0.1) is 0 Å². The Hall–Kier alpha value is -3.26. The number of ether oxygens (including phenoxy) is 2. The number of hydrogen-bond donors (Lipinski definition) is 3. The molecule has 0 bridgehead atoms. The van der Waals surface area contributed by atoms with Gasteiger partial charge in [-0.3, -0.25) is 9.69 Å². The fourth-order valence-electron chi connectivity index (χ4n) is 4.16. The molecule has 2 aliphatic heterocycles. The molecule has 0 aliphatic carbocycles. The van der Waals surface area contributed by atoms with Crippen molar-refractivity contribution in [2.45, 2.75) is 18.9 Å². The number of fused-ring (bicyclic) bond motifs is 2. The summed E-state index contributed by atoms with van der Waals surface area (Å²) in [6.07, 6.45) is 2.05. The first-order valence-electron chi connectivity index (χ1n) is 9.81. The molecule has 0 saturated carbocycles. The van der Waals surface area contributed by atoms with Crippen LogP contribution in [0, 0.1) is 0 Å². The van der Waals surface area contributed by atoms with Gasteiger partial charge in [-0.2, -0.15) is 0 Å². The summed E-state index contributed by atoms with van der Waals surface area (Å²) >= 11 is 0. The van der Waals surface area contributed by atoms with Crippen LogP contribution in [0.5, 0.6) is 11.5 Å². The Morgan fingerprint density at radius 1 is 1.07 bits per heavy atom. The van der Waals surface area contributed by atoms with Gasteiger partial charge in [-0.25, -0.2) is 4.79 Å². The topological polar surface area (TPSA) is 99.4 Å². The third-order valence-corrected chi connectivity index (χ3v) is 5.46. The largest absolute Gasteiger partial charge is 0.486 e. The van der Waals surface area contributed by atoms with Crippen molar-refractivity contribution in [3.8, 4) is 11.5 Å². The zero-order valence-corrected chi connectivity index (χ0v) is 15.9. The van der Waals surface area contributed by atoms with E-state index in [0.29, 0.717) is 36.5 Å². The lowest BCUT2D eigenvalue weighted by Gasteiger charge is -2.26. The quantitative estimate of drug-likeness (QED) is 0.631. The predicted molar refractivity (Wildman–Crippen MR) is 109 cm³/mol. The predicted octanol–water partition coefficient (Wildman–Crippen LogP) is 2.40. The molecule has 1 fully saturated rings. The maximum absolute atomic E-state index is 12.6. The Morgan fingerprint density at radius 3 is 2.79 bits per heavy atom. The molecular weight excluding hydrogens is 372 g/mol. The number of carbonyl (C=O) groups excluding carboxylic acids is 1. The lowest BCUT2D eigenvalue weighted by molar-refractivity contribution is -0.117.